The maximum absolute atomic E-state index is 12.1. The third-order valence-electron chi connectivity index (χ3n) is 3.42. The molecule has 0 saturated carbocycles. The first kappa shape index (κ1) is 16.2. The van der Waals surface area contributed by atoms with Gasteiger partial charge in [0.1, 0.15) is 11.4 Å². The number of methoxy groups -OCH3 is 1. The summed E-state index contributed by atoms with van der Waals surface area (Å²) in [7, 11) is 1.59. The molecule has 0 saturated heterocycles. The molecule has 0 aliphatic rings. The molecule has 2 amide bonds. The highest BCUT2D eigenvalue weighted by atomic mass is 16.5. The smallest absolute Gasteiger partial charge is 0.287 e. The third kappa shape index (κ3) is 3.81. The number of aromatic amines is 1. The summed E-state index contributed by atoms with van der Waals surface area (Å²) in [6, 6.07) is 12.1. The van der Waals surface area contributed by atoms with E-state index in [1.807, 2.05) is 12.1 Å². The molecule has 0 atom stereocenters. The fourth-order valence-corrected chi connectivity index (χ4v) is 2.10. The highest BCUT2D eigenvalue weighted by molar-refractivity contribution is 5.98. The standard InChI is InChI=1S/C17H15N5O3/c1-25-13-6-4-11(5-7-13)14-9-15(20-19-14)17(24)22-21-16(23)12-3-2-8-18-10-12/h2-10H,1H3,(H,19,20)(H,21,23)(H,22,24). The number of hydrogen-bond donors (Lipinski definition) is 3. The van der Waals surface area contributed by atoms with E-state index in [0.29, 0.717) is 11.3 Å². The number of aromatic nitrogens is 3. The average molecular weight is 337 g/mol. The van der Waals surface area contributed by atoms with E-state index < -0.39 is 11.8 Å². The van der Waals surface area contributed by atoms with Crippen molar-refractivity contribution in [3.8, 4) is 17.0 Å². The van der Waals surface area contributed by atoms with Crippen LogP contribution in [0.25, 0.3) is 11.3 Å². The monoisotopic (exact) mass is 337 g/mol. The number of carbonyl (C=O) groups is 2. The Balaban J connectivity index is 1.63. The van der Waals surface area contributed by atoms with Crippen molar-refractivity contribution in [2.75, 3.05) is 7.11 Å². The van der Waals surface area contributed by atoms with Crippen LogP contribution in [0, 0.1) is 0 Å². The zero-order chi connectivity index (χ0) is 17.6. The van der Waals surface area contributed by atoms with Gasteiger partial charge in [-0.15, -0.1) is 0 Å². The molecule has 0 unspecified atom stereocenters. The van der Waals surface area contributed by atoms with E-state index in [4.69, 9.17) is 4.74 Å². The topological polar surface area (TPSA) is 109 Å². The Labute approximate surface area is 143 Å². The van der Waals surface area contributed by atoms with Crippen LogP contribution >= 0.6 is 0 Å². The molecule has 126 valence electrons. The first-order chi connectivity index (χ1) is 12.2. The predicted molar refractivity (Wildman–Crippen MR) is 89.7 cm³/mol. The van der Waals surface area contributed by atoms with Crippen molar-refractivity contribution in [1.82, 2.24) is 26.0 Å². The van der Waals surface area contributed by atoms with Crippen molar-refractivity contribution in [3.05, 3.63) is 66.1 Å². The summed E-state index contributed by atoms with van der Waals surface area (Å²) in [5.74, 6) is -0.240. The van der Waals surface area contributed by atoms with E-state index >= 15 is 0 Å². The molecule has 0 aliphatic heterocycles. The van der Waals surface area contributed by atoms with Gasteiger partial charge < -0.3 is 4.74 Å². The van der Waals surface area contributed by atoms with Crippen molar-refractivity contribution in [3.63, 3.8) is 0 Å². The number of nitrogens with one attached hydrogen (secondary N) is 3. The molecule has 8 nitrogen and oxygen atoms in total. The highest BCUT2D eigenvalue weighted by Crippen LogP contribution is 2.20. The Morgan fingerprint density at radius 2 is 1.84 bits per heavy atom. The molecule has 25 heavy (non-hydrogen) atoms. The SMILES string of the molecule is COc1ccc(-c2cc(C(=O)NNC(=O)c3cccnc3)[nH]n2)cc1. The van der Waals surface area contributed by atoms with Crippen molar-refractivity contribution in [2.45, 2.75) is 0 Å². The number of pyridine rings is 1. The molecule has 8 heteroatoms. The molecule has 0 bridgehead atoms. The van der Waals surface area contributed by atoms with Crippen LogP contribution < -0.4 is 15.6 Å². The number of H-pyrrole nitrogens is 1. The Hall–Kier alpha value is -3.68. The number of amides is 2. The second-order valence-corrected chi connectivity index (χ2v) is 5.05. The lowest BCUT2D eigenvalue weighted by molar-refractivity contribution is 0.0843. The predicted octanol–water partition coefficient (Wildman–Crippen LogP) is 1.56. The van der Waals surface area contributed by atoms with Crippen LogP contribution in [-0.2, 0) is 0 Å². The molecule has 0 spiro atoms. The number of ether oxygens (including phenoxy) is 1. The maximum atomic E-state index is 12.1. The Morgan fingerprint density at radius 3 is 2.52 bits per heavy atom. The van der Waals surface area contributed by atoms with E-state index in [0.717, 1.165) is 11.3 Å². The lowest BCUT2D eigenvalue weighted by atomic mass is 10.1. The number of benzene rings is 1. The van der Waals surface area contributed by atoms with Gasteiger partial charge in [0.25, 0.3) is 11.8 Å². The van der Waals surface area contributed by atoms with E-state index in [9.17, 15) is 9.59 Å². The third-order valence-corrected chi connectivity index (χ3v) is 3.42. The maximum Gasteiger partial charge on any atom is 0.287 e. The van der Waals surface area contributed by atoms with Crippen LogP contribution in [0.4, 0.5) is 0 Å². The molecule has 0 fully saturated rings. The van der Waals surface area contributed by atoms with Gasteiger partial charge in [-0.25, -0.2) is 0 Å². The molecule has 1 aromatic carbocycles. The minimum atomic E-state index is -0.510. The minimum Gasteiger partial charge on any atom is -0.497 e. The van der Waals surface area contributed by atoms with Crippen LogP contribution in [0.1, 0.15) is 20.8 Å². The Kier molecular flexibility index (Phi) is 4.70. The normalized spacial score (nSPS) is 10.1. The number of rotatable bonds is 4. The minimum absolute atomic E-state index is 0.220. The van der Waals surface area contributed by atoms with E-state index in [1.165, 1.54) is 6.20 Å². The van der Waals surface area contributed by atoms with Gasteiger partial charge in [-0.05, 0) is 42.5 Å². The molecular formula is C17H15N5O3. The van der Waals surface area contributed by atoms with Crippen LogP contribution in [0.3, 0.4) is 0 Å². The second kappa shape index (κ2) is 7.26. The lowest BCUT2D eigenvalue weighted by Gasteiger charge is -2.05. The van der Waals surface area contributed by atoms with Gasteiger partial charge in [0.2, 0.25) is 0 Å². The molecule has 2 aromatic heterocycles. The molecule has 3 rings (SSSR count). The van der Waals surface area contributed by atoms with Crippen molar-refractivity contribution in [2.24, 2.45) is 0 Å². The Morgan fingerprint density at radius 1 is 1.08 bits per heavy atom. The zero-order valence-electron chi connectivity index (χ0n) is 13.3. The number of hydrogen-bond acceptors (Lipinski definition) is 5. The van der Waals surface area contributed by atoms with Gasteiger partial charge in [-0.2, -0.15) is 5.10 Å². The number of hydrazine groups is 1. The van der Waals surface area contributed by atoms with Gasteiger partial charge >= 0.3 is 0 Å². The summed E-state index contributed by atoms with van der Waals surface area (Å²) in [5, 5.41) is 6.74. The van der Waals surface area contributed by atoms with E-state index in [2.05, 4.69) is 26.0 Å². The van der Waals surface area contributed by atoms with Crippen molar-refractivity contribution >= 4 is 11.8 Å². The number of nitrogens with zero attached hydrogens (tertiary/aromatic N) is 2. The molecular weight excluding hydrogens is 322 g/mol. The van der Waals surface area contributed by atoms with E-state index in [-0.39, 0.29) is 5.69 Å². The van der Waals surface area contributed by atoms with Gasteiger partial charge in [0.05, 0.1) is 18.4 Å². The second-order valence-electron chi connectivity index (χ2n) is 5.05. The van der Waals surface area contributed by atoms with E-state index in [1.54, 1.807) is 43.6 Å². The summed E-state index contributed by atoms with van der Waals surface area (Å²) in [5.41, 5.74) is 6.63. The van der Waals surface area contributed by atoms with Crippen LogP contribution in [0.2, 0.25) is 0 Å². The highest BCUT2D eigenvalue weighted by Gasteiger charge is 2.12. The van der Waals surface area contributed by atoms with Gasteiger partial charge in [0.15, 0.2) is 0 Å². The molecule has 3 aromatic rings. The summed E-state index contributed by atoms with van der Waals surface area (Å²) in [6.45, 7) is 0. The summed E-state index contributed by atoms with van der Waals surface area (Å²) in [4.78, 5) is 27.8. The quantitative estimate of drug-likeness (QED) is 0.626. The van der Waals surface area contributed by atoms with Crippen molar-refractivity contribution in [1.29, 1.82) is 0 Å². The van der Waals surface area contributed by atoms with Crippen LogP contribution in [-0.4, -0.2) is 34.1 Å². The fraction of sp³-hybridized carbons (Fsp3) is 0.0588. The van der Waals surface area contributed by atoms with Gasteiger partial charge in [-0.3, -0.25) is 30.5 Å². The zero-order valence-corrected chi connectivity index (χ0v) is 13.3. The fourth-order valence-electron chi connectivity index (χ4n) is 2.10. The van der Waals surface area contributed by atoms with Gasteiger partial charge in [0, 0.05) is 18.0 Å². The molecule has 0 aliphatic carbocycles. The molecule has 3 N–H and O–H groups in total. The molecule has 0 radical (unpaired) electrons. The summed E-state index contributed by atoms with van der Waals surface area (Å²) >= 11 is 0. The lowest BCUT2D eigenvalue weighted by Crippen LogP contribution is -2.41. The summed E-state index contributed by atoms with van der Waals surface area (Å²) < 4.78 is 5.10. The van der Waals surface area contributed by atoms with Crippen molar-refractivity contribution < 1.29 is 14.3 Å². The van der Waals surface area contributed by atoms with Crippen LogP contribution in [0.15, 0.2) is 54.9 Å². The Bertz CT molecular complexity index is 875. The number of carbonyl (C=O) groups excluding carboxylic acids is 2. The van der Waals surface area contributed by atoms with Crippen LogP contribution in [0.5, 0.6) is 5.75 Å². The van der Waals surface area contributed by atoms with Gasteiger partial charge in [-0.1, -0.05) is 0 Å². The largest absolute Gasteiger partial charge is 0.497 e. The average Bonchev–Trinajstić information content (AvgIpc) is 3.17. The summed E-state index contributed by atoms with van der Waals surface area (Å²) in [6.07, 6.45) is 2.96. The first-order valence-electron chi connectivity index (χ1n) is 7.38. The first-order valence-corrected chi connectivity index (χ1v) is 7.38. The molecule has 2 heterocycles.